The largest absolute Gasteiger partial charge is 0.467 e. The molecule has 20 heavy (non-hydrogen) atoms. The van der Waals surface area contributed by atoms with E-state index in [1.807, 2.05) is 38.2 Å². The van der Waals surface area contributed by atoms with Crippen molar-refractivity contribution in [3.05, 3.63) is 29.8 Å². The fraction of sp³-hybridized carbons (Fsp3) is 0.429. The maximum absolute atomic E-state index is 11.7. The summed E-state index contributed by atoms with van der Waals surface area (Å²) in [6, 6.07) is 6.59. The van der Waals surface area contributed by atoms with Crippen molar-refractivity contribution in [1.82, 2.24) is 10.6 Å². The summed E-state index contributed by atoms with van der Waals surface area (Å²) >= 11 is 0. The number of hydrogen-bond donors (Lipinski definition) is 3. The van der Waals surface area contributed by atoms with Gasteiger partial charge < -0.3 is 20.7 Å². The van der Waals surface area contributed by atoms with Crippen molar-refractivity contribution in [2.45, 2.75) is 25.9 Å². The number of ether oxygens (including phenoxy) is 1. The van der Waals surface area contributed by atoms with Crippen molar-refractivity contribution in [3.63, 3.8) is 0 Å². The maximum atomic E-state index is 11.7. The first-order chi connectivity index (χ1) is 9.47. The first-order valence-corrected chi connectivity index (χ1v) is 6.40. The molecular weight excluding hydrogens is 258 g/mol. The molecule has 0 bridgehead atoms. The average molecular weight is 279 g/mol. The maximum Gasteiger partial charge on any atom is 0.328 e. The molecule has 6 nitrogen and oxygen atoms in total. The van der Waals surface area contributed by atoms with E-state index < -0.39 is 18.0 Å². The van der Waals surface area contributed by atoms with Crippen molar-refractivity contribution in [1.29, 1.82) is 0 Å². The van der Waals surface area contributed by atoms with Crippen LogP contribution in [-0.4, -0.2) is 32.2 Å². The van der Waals surface area contributed by atoms with Crippen LogP contribution in [0.15, 0.2) is 24.3 Å². The molecule has 1 aromatic carbocycles. The number of carbonyl (C=O) groups excluding carboxylic acids is 2. The van der Waals surface area contributed by atoms with Gasteiger partial charge in [-0.2, -0.15) is 0 Å². The van der Waals surface area contributed by atoms with Crippen molar-refractivity contribution in [3.8, 4) is 0 Å². The number of methoxy groups -OCH3 is 1. The topological polar surface area (TPSA) is 79.5 Å². The van der Waals surface area contributed by atoms with Gasteiger partial charge in [0.25, 0.3) is 0 Å². The second-order valence-corrected chi connectivity index (χ2v) is 4.48. The molecule has 0 fully saturated rings. The number of urea groups is 1. The van der Waals surface area contributed by atoms with E-state index >= 15 is 0 Å². The highest BCUT2D eigenvalue weighted by atomic mass is 16.5. The quantitative estimate of drug-likeness (QED) is 0.716. The molecule has 2 unspecified atom stereocenters. The molecule has 0 aliphatic carbocycles. The van der Waals surface area contributed by atoms with E-state index in [0.29, 0.717) is 5.69 Å². The first kappa shape index (κ1) is 16.0. The van der Waals surface area contributed by atoms with Crippen LogP contribution in [0.4, 0.5) is 10.5 Å². The zero-order valence-corrected chi connectivity index (χ0v) is 12.2. The van der Waals surface area contributed by atoms with Gasteiger partial charge in [0.15, 0.2) is 0 Å². The highest BCUT2D eigenvalue weighted by Crippen LogP contribution is 2.15. The Bertz CT molecular complexity index is 459. The summed E-state index contributed by atoms with van der Waals surface area (Å²) in [6.07, 6.45) is 0. The normalized spacial score (nSPS) is 13.2. The summed E-state index contributed by atoms with van der Waals surface area (Å²) in [5, 5.41) is 8.28. The van der Waals surface area contributed by atoms with E-state index in [0.717, 1.165) is 5.56 Å². The van der Waals surface area contributed by atoms with Crippen LogP contribution < -0.4 is 16.0 Å². The number of hydrogen-bond acceptors (Lipinski definition) is 4. The van der Waals surface area contributed by atoms with E-state index in [2.05, 4.69) is 20.7 Å². The fourth-order valence-corrected chi connectivity index (χ4v) is 1.62. The number of anilines is 1. The molecule has 0 saturated heterocycles. The fourth-order valence-electron chi connectivity index (χ4n) is 1.62. The number of carbonyl (C=O) groups is 2. The highest BCUT2D eigenvalue weighted by molar-refractivity contribution is 5.92. The minimum atomic E-state index is -0.691. The van der Waals surface area contributed by atoms with Gasteiger partial charge in [0.1, 0.15) is 6.04 Å². The Kier molecular flexibility index (Phi) is 5.99. The molecule has 1 rings (SSSR count). The average Bonchev–Trinajstić information content (AvgIpc) is 2.46. The van der Waals surface area contributed by atoms with E-state index in [1.54, 1.807) is 6.92 Å². The van der Waals surface area contributed by atoms with Crippen molar-refractivity contribution >= 4 is 17.7 Å². The lowest BCUT2D eigenvalue weighted by Gasteiger charge is -2.14. The summed E-state index contributed by atoms with van der Waals surface area (Å²) in [5.74, 6) is -0.488. The molecular formula is C14H21N3O3. The smallest absolute Gasteiger partial charge is 0.328 e. The second kappa shape index (κ2) is 7.49. The van der Waals surface area contributed by atoms with Crippen molar-refractivity contribution < 1.29 is 14.3 Å². The predicted molar refractivity (Wildman–Crippen MR) is 77.5 cm³/mol. The monoisotopic (exact) mass is 279 g/mol. The highest BCUT2D eigenvalue weighted by Gasteiger charge is 2.15. The van der Waals surface area contributed by atoms with Gasteiger partial charge in [0.05, 0.1) is 7.11 Å². The van der Waals surface area contributed by atoms with Crippen LogP contribution in [0.1, 0.15) is 25.5 Å². The number of amides is 2. The molecule has 110 valence electrons. The summed E-state index contributed by atoms with van der Waals surface area (Å²) in [6.45, 7) is 3.61. The Hall–Kier alpha value is -2.08. The van der Waals surface area contributed by atoms with E-state index in [-0.39, 0.29) is 6.04 Å². The summed E-state index contributed by atoms with van der Waals surface area (Å²) in [5.41, 5.74) is 1.79. The standard InChI is InChI=1S/C14H21N3O3/c1-9(15-3)11-5-7-12(8-6-11)17-14(19)16-10(2)13(18)20-4/h5-10,15H,1-4H3,(H2,16,17,19). The van der Waals surface area contributed by atoms with Crippen LogP contribution in [-0.2, 0) is 9.53 Å². The Morgan fingerprint density at radius 1 is 1.15 bits per heavy atom. The minimum absolute atomic E-state index is 0.247. The van der Waals surface area contributed by atoms with Gasteiger partial charge in [-0.25, -0.2) is 9.59 Å². The van der Waals surface area contributed by atoms with Gasteiger partial charge >= 0.3 is 12.0 Å². The lowest BCUT2D eigenvalue weighted by atomic mass is 10.1. The third-order valence-electron chi connectivity index (χ3n) is 3.00. The molecule has 2 atom stereocenters. The van der Waals surface area contributed by atoms with Crippen molar-refractivity contribution in [2.24, 2.45) is 0 Å². The zero-order chi connectivity index (χ0) is 15.1. The molecule has 0 aliphatic rings. The van der Waals surface area contributed by atoms with Crippen LogP contribution in [0.2, 0.25) is 0 Å². The third kappa shape index (κ3) is 4.55. The molecule has 2 amide bonds. The number of rotatable bonds is 5. The molecule has 6 heteroatoms. The SMILES string of the molecule is CNC(C)c1ccc(NC(=O)NC(C)C(=O)OC)cc1. The Labute approximate surface area is 118 Å². The summed E-state index contributed by atoms with van der Waals surface area (Å²) in [7, 11) is 3.17. The van der Waals surface area contributed by atoms with Gasteiger partial charge in [0, 0.05) is 11.7 Å². The van der Waals surface area contributed by atoms with E-state index in [4.69, 9.17) is 0 Å². The van der Waals surface area contributed by atoms with Crippen LogP contribution in [0, 0.1) is 0 Å². The minimum Gasteiger partial charge on any atom is -0.467 e. The molecule has 0 aliphatic heterocycles. The first-order valence-electron chi connectivity index (χ1n) is 6.40. The van der Waals surface area contributed by atoms with E-state index in [1.165, 1.54) is 7.11 Å². The molecule has 1 aromatic rings. The Morgan fingerprint density at radius 3 is 2.25 bits per heavy atom. The number of esters is 1. The molecule has 0 heterocycles. The molecule has 0 aromatic heterocycles. The molecule has 3 N–H and O–H groups in total. The summed E-state index contributed by atoms with van der Waals surface area (Å²) in [4.78, 5) is 22.9. The van der Waals surface area contributed by atoms with Gasteiger partial charge in [0.2, 0.25) is 0 Å². The lowest BCUT2D eigenvalue weighted by molar-refractivity contribution is -0.142. The van der Waals surface area contributed by atoms with Crippen molar-refractivity contribution in [2.75, 3.05) is 19.5 Å². The Morgan fingerprint density at radius 2 is 1.75 bits per heavy atom. The van der Waals surface area contributed by atoms with Crippen LogP contribution >= 0.6 is 0 Å². The molecule has 0 radical (unpaired) electrons. The number of benzene rings is 1. The van der Waals surface area contributed by atoms with E-state index in [9.17, 15) is 9.59 Å². The van der Waals surface area contributed by atoms with Gasteiger partial charge in [-0.3, -0.25) is 0 Å². The van der Waals surface area contributed by atoms with Crippen LogP contribution in [0.5, 0.6) is 0 Å². The lowest BCUT2D eigenvalue weighted by Crippen LogP contribution is -2.41. The van der Waals surface area contributed by atoms with Gasteiger partial charge in [-0.05, 0) is 38.6 Å². The summed E-state index contributed by atoms with van der Waals surface area (Å²) < 4.78 is 4.53. The van der Waals surface area contributed by atoms with Crippen LogP contribution in [0.3, 0.4) is 0 Å². The predicted octanol–water partition coefficient (Wildman–Crippen LogP) is 1.65. The molecule has 0 spiro atoms. The van der Waals surface area contributed by atoms with Crippen LogP contribution in [0.25, 0.3) is 0 Å². The second-order valence-electron chi connectivity index (χ2n) is 4.48. The van der Waals surface area contributed by atoms with Gasteiger partial charge in [-0.15, -0.1) is 0 Å². The van der Waals surface area contributed by atoms with Gasteiger partial charge in [-0.1, -0.05) is 12.1 Å². The Balaban J connectivity index is 2.56. The molecule has 0 saturated carbocycles. The number of nitrogens with one attached hydrogen (secondary N) is 3. The zero-order valence-electron chi connectivity index (χ0n) is 12.2. The third-order valence-corrected chi connectivity index (χ3v) is 3.00.